The zero-order valence-electron chi connectivity index (χ0n) is 11.6. The number of halogens is 3. The molecule has 0 radical (unpaired) electrons. The molecule has 1 heterocycles. The number of allylic oxidation sites excluding steroid dienone is 2. The van der Waals surface area contributed by atoms with Gasteiger partial charge in [0.2, 0.25) is 0 Å². The Labute approximate surface area is 124 Å². The van der Waals surface area contributed by atoms with Crippen molar-refractivity contribution in [2.45, 2.75) is 32.0 Å². The third-order valence-electron chi connectivity index (χ3n) is 3.14. The second-order valence-electron chi connectivity index (χ2n) is 5.03. The quantitative estimate of drug-likeness (QED) is 0.817. The van der Waals surface area contributed by atoms with Gasteiger partial charge < -0.3 is 14.9 Å². The zero-order chi connectivity index (χ0) is 17.0. The van der Waals surface area contributed by atoms with Gasteiger partial charge in [-0.25, -0.2) is 4.79 Å². The van der Waals surface area contributed by atoms with Crippen LogP contribution < -0.4 is 0 Å². The summed E-state index contributed by atoms with van der Waals surface area (Å²) < 4.78 is 39.0. The first kappa shape index (κ1) is 17.8. The average Bonchev–Trinajstić information content (AvgIpc) is 2.93. The topological polar surface area (TPSA) is 83.8 Å². The van der Waals surface area contributed by atoms with Crippen LogP contribution in [0.15, 0.2) is 36.1 Å². The van der Waals surface area contributed by atoms with Crippen molar-refractivity contribution >= 4 is 11.9 Å². The molecule has 5 nitrogen and oxygen atoms in total. The van der Waals surface area contributed by atoms with Crippen LogP contribution in [0.2, 0.25) is 0 Å². The van der Waals surface area contributed by atoms with E-state index in [9.17, 15) is 22.8 Å². The number of alkyl halides is 3. The Kier molecular flexibility index (Phi) is 5.40. The molecule has 0 saturated heterocycles. The molecule has 1 aliphatic carbocycles. The highest BCUT2D eigenvalue weighted by Crippen LogP contribution is 2.31. The summed E-state index contributed by atoms with van der Waals surface area (Å²) in [5.74, 6) is -2.06. The summed E-state index contributed by atoms with van der Waals surface area (Å²) in [7, 11) is 0. The first-order valence-corrected chi connectivity index (χ1v) is 6.28. The van der Waals surface area contributed by atoms with E-state index in [0.717, 1.165) is 6.26 Å². The Hall–Kier alpha value is -2.25. The van der Waals surface area contributed by atoms with E-state index in [0.29, 0.717) is 0 Å². The number of aliphatic carboxylic acids is 2. The molecule has 2 unspecified atom stereocenters. The van der Waals surface area contributed by atoms with E-state index in [1.807, 2.05) is 0 Å². The van der Waals surface area contributed by atoms with E-state index < -0.39 is 29.6 Å². The SMILES string of the molecule is CC1(C(=O)O)C=CC=C(C(=O)O)C1.FC(F)(F)C1CC=CO1. The van der Waals surface area contributed by atoms with Crippen molar-refractivity contribution < 1.29 is 37.7 Å². The molecule has 0 aromatic heterocycles. The van der Waals surface area contributed by atoms with Gasteiger partial charge in [-0.2, -0.15) is 13.2 Å². The second kappa shape index (κ2) is 6.67. The molecule has 8 heteroatoms. The van der Waals surface area contributed by atoms with E-state index in [1.54, 1.807) is 0 Å². The lowest BCUT2D eigenvalue weighted by atomic mass is 9.80. The number of carboxylic acids is 2. The fourth-order valence-corrected chi connectivity index (χ4v) is 1.78. The van der Waals surface area contributed by atoms with Crippen molar-refractivity contribution in [1.29, 1.82) is 0 Å². The Morgan fingerprint density at radius 1 is 1.36 bits per heavy atom. The summed E-state index contributed by atoms with van der Waals surface area (Å²) in [5.41, 5.74) is -0.949. The molecule has 122 valence electrons. The third kappa shape index (κ3) is 4.64. The van der Waals surface area contributed by atoms with Crippen LogP contribution in [0.25, 0.3) is 0 Å². The highest BCUT2D eigenvalue weighted by molar-refractivity contribution is 5.90. The zero-order valence-corrected chi connectivity index (χ0v) is 11.6. The number of hydrogen-bond acceptors (Lipinski definition) is 3. The molecule has 0 spiro atoms. The molecule has 2 aliphatic rings. The molecule has 0 aromatic carbocycles. The highest BCUT2D eigenvalue weighted by atomic mass is 19.4. The van der Waals surface area contributed by atoms with Gasteiger partial charge in [0.1, 0.15) is 0 Å². The normalized spacial score (nSPS) is 26.5. The first-order chi connectivity index (χ1) is 10.1. The maximum Gasteiger partial charge on any atom is 0.425 e. The van der Waals surface area contributed by atoms with Gasteiger partial charge in [-0.15, -0.1) is 0 Å². The Morgan fingerprint density at radius 2 is 2.00 bits per heavy atom. The Balaban J connectivity index is 0.000000235. The van der Waals surface area contributed by atoms with E-state index >= 15 is 0 Å². The van der Waals surface area contributed by atoms with Crippen molar-refractivity contribution in [1.82, 2.24) is 0 Å². The van der Waals surface area contributed by atoms with Gasteiger partial charge in [0.15, 0.2) is 6.10 Å². The molecule has 0 fully saturated rings. The largest absolute Gasteiger partial charge is 0.489 e. The lowest BCUT2D eigenvalue weighted by Gasteiger charge is -2.23. The number of hydrogen-bond donors (Lipinski definition) is 2. The van der Waals surface area contributed by atoms with Crippen LogP contribution in [-0.2, 0) is 14.3 Å². The number of carbonyl (C=O) groups is 2. The molecule has 0 amide bonds. The number of carboxylic acid groups (broad SMARTS) is 2. The van der Waals surface area contributed by atoms with E-state index in [4.69, 9.17) is 10.2 Å². The van der Waals surface area contributed by atoms with Crippen LogP contribution in [0.4, 0.5) is 13.2 Å². The molecule has 0 bridgehead atoms. The molecule has 22 heavy (non-hydrogen) atoms. The van der Waals surface area contributed by atoms with E-state index in [1.165, 1.54) is 31.2 Å². The van der Waals surface area contributed by atoms with Gasteiger partial charge in [-0.3, -0.25) is 4.79 Å². The predicted molar refractivity (Wildman–Crippen MR) is 69.9 cm³/mol. The van der Waals surface area contributed by atoms with Gasteiger partial charge >= 0.3 is 18.1 Å². The van der Waals surface area contributed by atoms with Crippen LogP contribution >= 0.6 is 0 Å². The second-order valence-corrected chi connectivity index (χ2v) is 5.03. The Bertz CT molecular complexity index is 525. The molecule has 2 rings (SSSR count). The minimum atomic E-state index is -4.20. The van der Waals surface area contributed by atoms with Crippen molar-refractivity contribution in [3.63, 3.8) is 0 Å². The Morgan fingerprint density at radius 3 is 2.36 bits per heavy atom. The summed E-state index contributed by atoms with van der Waals surface area (Å²) in [6.45, 7) is 1.50. The van der Waals surface area contributed by atoms with Crippen LogP contribution in [0.3, 0.4) is 0 Å². The lowest BCUT2D eigenvalue weighted by Crippen LogP contribution is -2.28. The summed E-state index contributed by atoms with van der Waals surface area (Å²) in [6.07, 6.45) is 1.02. The van der Waals surface area contributed by atoms with Gasteiger partial charge in [-0.1, -0.05) is 18.2 Å². The van der Waals surface area contributed by atoms with Crippen LogP contribution in [0.1, 0.15) is 19.8 Å². The smallest absolute Gasteiger partial charge is 0.425 e. The monoisotopic (exact) mass is 320 g/mol. The fraction of sp³-hybridized carbons (Fsp3) is 0.429. The molecule has 0 saturated carbocycles. The minimum Gasteiger partial charge on any atom is -0.489 e. The maximum absolute atomic E-state index is 11.6. The molecule has 2 atom stereocenters. The minimum absolute atomic E-state index is 0.0359. The molecule has 1 aliphatic heterocycles. The van der Waals surface area contributed by atoms with Crippen LogP contribution in [0, 0.1) is 5.41 Å². The van der Waals surface area contributed by atoms with Crippen LogP contribution in [0.5, 0.6) is 0 Å². The standard InChI is InChI=1S/C9H10O4.C5H5F3O/c1-9(8(12)13)4-2-3-6(5-9)7(10)11;6-5(7,8)4-2-1-3-9-4/h2-4H,5H2,1H3,(H,10,11)(H,12,13);1,3-4H,2H2. The van der Waals surface area contributed by atoms with E-state index in [-0.39, 0.29) is 18.4 Å². The number of ether oxygens (including phenoxy) is 1. The third-order valence-corrected chi connectivity index (χ3v) is 3.14. The molecule has 0 aromatic rings. The lowest BCUT2D eigenvalue weighted by molar-refractivity contribution is -0.199. The molecular weight excluding hydrogens is 305 g/mol. The highest BCUT2D eigenvalue weighted by Gasteiger charge is 2.41. The molecule has 2 N–H and O–H groups in total. The average molecular weight is 320 g/mol. The summed E-state index contributed by atoms with van der Waals surface area (Å²) in [4.78, 5) is 21.3. The van der Waals surface area contributed by atoms with Crippen molar-refractivity contribution in [2.24, 2.45) is 5.41 Å². The number of rotatable bonds is 2. The van der Waals surface area contributed by atoms with Crippen molar-refractivity contribution in [2.75, 3.05) is 0 Å². The summed E-state index contributed by atoms with van der Waals surface area (Å²) in [6, 6.07) is 0. The van der Waals surface area contributed by atoms with Crippen molar-refractivity contribution in [3.05, 3.63) is 36.1 Å². The van der Waals surface area contributed by atoms with Crippen molar-refractivity contribution in [3.8, 4) is 0 Å². The first-order valence-electron chi connectivity index (χ1n) is 6.28. The fourth-order valence-electron chi connectivity index (χ4n) is 1.78. The molecular formula is C14H15F3O5. The predicted octanol–water partition coefficient (Wildman–Crippen LogP) is 2.90. The maximum atomic E-state index is 11.6. The van der Waals surface area contributed by atoms with Gasteiger partial charge in [0.25, 0.3) is 0 Å². The van der Waals surface area contributed by atoms with Gasteiger partial charge in [-0.05, 0) is 19.4 Å². The van der Waals surface area contributed by atoms with E-state index in [2.05, 4.69) is 4.74 Å². The van der Waals surface area contributed by atoms with Gasteiger partial charge in [0.05, 0.1) is 11.7 Å². The summed E-state index contributed by atoms with van der Waals surface area (Å²) in [5, 5.41) is 17.5. The summed E-state index contributed by atoms with van der Waals surface area (Å²) >= 11 is 0. The van der Waals surface area contributed by atoms with Crippen LogP contribution in [-0.4, -0.2) is 34.4 Å². The van der Waals surface area contributed by atoms with Gasteiger partial charge in [0, 0.05) is 12.0 Å².